The number of hydrogen-bond acceptors (Lipinski definition) is 5. The molecule has 2 N–H and O–H groups in total. The van der Waals surface area contributed by atoms with Gasteiger partial charge in [0, 0.05) is 5.69 Å². The summed E-state index contributed by atoms with van der Waals surface area (Å²) < 4.78 is 33.2. The summed E-state index contributed by atoms with van der Waals surface area (Å²) in [5.74, 6) is -1.51. The zero-order valence-electron chi connectivity index (χ0n) is 15.2. The molecule has 3 rings (SSSR count). The second-order valence-corrected chi connectivity index (χ2v) is 8.03. The Morgan fingerprint density at radius 1 is 1.21 bits per heavy atom. The van der Waals surface area contributed by atoms with Crippen LogP contribution < -0.4 is 14.4 Å². The molecule has 0 atom stereocenters. The summed E-state index contributed by atoms with van der Waals surface area (Å²) in [5, 5.41) is 9.03. The molecule has 0 radical (unpaired) electrons. The maximum absolute atomic E-state index is 12.7. The molecule has 9 heteroatoms. The topological polar surface area (TPSA) is 113 Å². The molecule has 1 aliphatic heterocycles. The monoisotopic (exact) mass is 404 g/mol. The standard InChI is InChI=1S/C19H20N2O6S/c1-2-3-13-4-6-14(7-5-13)20-28(25,26)15-8-9-17-16(10-15)21(11-19(23)24)18(22)12-27-17/h4-10,20H,2-3,11-12H2,1H3,(H,23,24). The van der Waals surface area contributed by atoms with Crippen molar-refractivity contribution in [3.8, 4) is 5.75 Å². The zero-order chi connectivity index (χ0) is 20.3. The fourth-order valence-corrected chi connectivity index (χ4v) is 3.98. The van der Waals surface area contributed by atoms with Crippen LogP contribution in [0.5, 0.6) is 5.75 Å². The molecule has 2 aromatic rings. The normalized spacial score (nSPS) is 13.6. The number of anilines is 2. The van der Waals surface area contributed by atoms with Gasteiger partial charge < -0.3 is 9.84 Å². The summed E-state index contributed by atoms with van der Waals surface area (Å²) in [6.45, 7) is 1.19. The van der Waals surface area contributed by atoms with Crippen molar-refractivity contribution in [2.24, 2.45) is 0 Å². The highest BCUT2D eigenvalue weighted by Gasteiger charge is 2.29. The van der Waals surface area contributed by atoms with Gasteiger partial charge in [-0.25, -0.2) is 8.42 Å². The van der Waals surface area contributed by atoms with Crippen molar-refractivity contribution in [2.75, 3.05) is 22.8 Å². The van der Waals surface area contributed by atoms with Crippen LogP contribution in [-0.4, -0.2) is 38.6 Å². The van der Waals surface area contributed by atoms with E-state index in [1.165, 1.54) is 18.2 Å². The average molecular weight is 404 g/mol. The highest BCUT2D eigenvalue weighted by molar-refractivity contribution is 7.92. The molecular weight excluding hydrogens is 384 g/mol. The third-order valence-electron chi connectivity index (χ3n) is 4.22. The summed E-state index contributed by atoms with van der Waals surface area (Å²) >= 11 is 0. The van der Waals surface area contributed by atoms with Crippen LogP contribution in [0.1, 0.15) is 18.9 Å². The number of benzene rings is 2. The van der Waals surface area contributed by atoms with E-state index >= 15 is 0 Å². The molecule has 0 saturated carbocycles. The van der Waals surface area contributed by atoms with Gasteiger partial charge in [-0.1, -0.05) is 25.5 Å². The Bertz CT molecular complexity index is 1000. The Hall–Kier alpha value is -3.07. The summed E-state index contributed by atoms with van der Waals surface area (Å²) in [6.07, 6.45) is 1.90. The van der Waals surface area contributed by atoms with Gasteiger partial charge in [-0.05, 0) is 42.3 Å². The third kappa shape index (κ3) is 4.25. The Morgan fingerprint density at radius 3 is 2.57 bits per heavy atom. The quantitative estimate of drug-likeness (QED) is 0.732. The molecule has 1 aliphatic rings. The van der Waals surface area contributed by atoms with Gasteiger partial charge in [-0.3, -0.25) is 19.2 Å². The molecule has 0 aliphatic carbocycles. The number of aliphatic carboxylic acids is 1. The lowest BCUT2D eigenvalue weighted by atomic mass is 10.1. The summed E-state index contributed by atoms with van der Waals surface area (Å²) in [7, 11) is -3.93. The lowest BCUT2D eigenvalue weighted by Gasteiger charge is -2.28. The number of hydrogen-bond donors (Lipinski definition) is 2. The van der Waals surface area contributed by atoms with E-state index in [-0.39, 0.29) is 22.9 Å². The van der Waals surface area contributed by atoms with Crippen LogP contribution in [0, 0.1) is 0 Å². The van der Waals surface area contributed by atoms with Crippen LogP contribution in [-0.2, 0) is 26.0 Å². The molecule has 1 amide bonds. The summed E-state index contributed by atoms with van der Waals surface area (Å²) in [4.78, 5) is 24.0. The molecule has 0 saturated heterocycles. The first-order valence-electron chi connectivity index (χ1n) is 8.71. The third-order valence-corrected chi connectivity index (χ3v) is 5.60. The number of sulfonamides is 1. The van der Waals surface area contributed by atoms with E-state index in [0.29, 0.717) is 5.69 Å². The van der Waals surface area contributed by atoms with Crippen molar-refractivity contribution in [2.45, 2.75) is 24.7 Å². The van der Waals surface area contributed by atoms with Crippen molar-refractivity contribution < 1.29 is 27.9 Å². The predicted molar refractivity (Wildman–Crippen MR) is 103 cm³/mol. The lowest BCUT2D eigenvalue weighted by molar-refractivity contribution is -0.137. The summed E-state index contributed by atoms with van der Waals surface area (Å²) in [5.41, 5.74) is 1.63. The van der Waals surface area contributed by atoms with Crippen LogP contribution in [0.2, 0.25) is 0 Å². The number of fused-ring (bicyclic) bond motifs is 1. The Balaban J connectivity index is 1.89. The SMILES string of the molecule is CCCc1ccc(NS(=O)(=O)c2ccc3c(c2)N(CC(=O)O)C(=O)CO3)cc1. The molecule has 0 fully saturated rings. The van der Waals surface area contributed by atoms with Crippen molar-refractivity contribution in [1.82, 2.24) is 0 Å². The fourth-order valence-electron chi connectivity index (χ4n) is 2.90. The number of nitrogens with zero attached hydrogens (tertiary/aromatic N) is 1. The molecule has 1 heterocycles. The minimum absolute atomic E-state index is 0.0995. The average Bonchev–Trinajstić information content (AvgIpc) is 2.65. The first-order chi connectivity index (χ1) is 13.3. The maximum atomic E-state index is 12.7. The van der Waals surface area contributed by atoms with E-state index in [4.69, 9.17) is 9.84 Å². The lowest BCUT2D eigenvalue weighted by Crippen LogP contribution is -2.42. The number of carboxylic acid groups (broad SMARTS) is 1. The van der Waals surface area contributed by atoms with E-state index in [1.807, 2.05) is 12.1 Å². The number of rotatable bonds is 7. The molecule has 0 aromatic heterocycles. The Morgan fingerprint density at radius 2 is 1.93 bits per heavy atom. The van der Waals surface area contributed by atoms with Crippen LogP contribution >= 0.6 is 0 Å². The van der Waals surface area contributed by atoms with Gasteiger partial charge >= 0.3 is 5.97 Å². The number of carbonyl (C=O) groups is 2. The first-order valence-corrected chi connectivity index (χ1v) is 10.2. The molecule has 0 spiro atoms. The minimum Gasteiger partial charge on any atom is -0.482 e. The highest BCUT2D eigenvalue weighted by atomic mass is 32.2. The van der Waals surface area contributed by atoms with Gasteiger partial charge in [0.2, 0.25) is 0 Å². The largest absolute Gasteiger partial charge is 0.482 e. The number of nitrogens with one attached hydrogen (secondary N) is 1. The smallest absolute Gasteiger partial charge is 0.323 e. The molecule has 0 unspecified atom stereocenters. The van der Waals surface area contributed by atoms with Crippen LogP contribution in [0.4, 0.5) is 11.4 Å². The van der Waals surface area contributed by atoms with E-state index < -0.39 is 28.4 Å². The maximum Gasteiger partial charge on any atom is 0.323 e. The van der Waals surface area contributed by atoms with E-state index in [1.54, 1.807) is 12.1 Å². The molecule has 8 nitrogen and oxygen atoms in total. The van der Waals surface area contributed by atoms with Crippen molar-refractivity contribution in [1.29, 1.82) is 0 Å². The number of ether oxygens (including phenoxy) is 1. The molecule has 2 aromatic carbocycles. The van der Waals surface area contributed by atoms with Gasteiger partial charge in [-0.2, -0.15) is 0 Å². The zero-order valence-corrected chi connectivity index (χ0v) is 16.0. The van der Waals surface area contributed by atoms with Gasteiger partial charge in [0.25, 0.3) is 15.9 Å². The van der Waals surface area contributed by atoms with Crippen molar-refractivity contribution in [3.05, 3.63) is 48.0 Å². The predicted octanol–water partition coefficient (Wildman–Crippen LogP) is 2.25. The Labute approximate surface area is 162 Å². The second kappa shape index (κ2) is 7.89. The molecule has 148 valence electrons. The highest BCUT2D eigenvalue weighted by Crippen LogP contribution is 2.34. The van der Waals surface area contributed by atoms with Crippen LogP contribution in [0.15, 0.2) is 47.4 Å². The molecule has 28 heavy (non-hydrogen) atoms. The molecule has 0 bridgehead atoms. The minimum atomic E-state index is -3.93. The van der Waals surface area contributed by atoms with E-state index in [2.05, 4.69) is 11.6 Å². The van der Waals surface area contributed by atoms with E-state index in [0.717, 1.165) is 23.3 Å². The van der Waals surface area contributed by atoms with Crippen molar-refractivity contribution in [3.63, 3.8) is 0 Å². The number of carboxylic acids is 1. The number of aryl methyl sites for hydroxylation is 1. The first kappa shape index (κ1) is 19.7. The number of carbonyl (C=O) groups excluding carboxylic acids is 1. The van der Waals surface area contributed by atoms with Crippen LogP contribution in [0.3, 0.4) is 0 Å². The fraction of sp³-hybridized carbons (Fsp3) is 0.263. The van der Waals surface area contributed by atoms with E-state index in [9.17, 15) is 18.0 Å². The van der Waals surface area contributed by atoms with Gasteiger partial charge in [-0.15, -0.1) is 0 Å². The Kier molecular flexibility index (Phi) is 5.55. The van der Waals surface area contributed by atoms with Crippen molar-refractivity contribution >= 4 is 33.3 Å². The summed E-state index contributed by atoms with van der Waals surface area (Å²) in [6, 6.07) is 11.1. The van der Waals surface area contributed by atoms with Gasteiger partial charge in [0.1, 0.15) is 12.3 Å². The second-order valence-electron chi connectivity index (χ2n) is 6.34. The van der Waals surface area contributed by atoms with Gasteiger partial charge in [0.05, 0.1) is 10.6 Å². The van der Waals surface area contributed by atoms with Crippen LogP contribution in [0.25, 0.3) is 0 Å². The number of amides is 1. The van der Waals surface area contributed by atoms with Gasteiger partial charge in [0.15, 0.2) is 6.61 Å². The molecular formula is C19H20N2O6S.